The lowest BCUT2D eigenvalue weighted by atomic mass is 9.87. The lowest BCUT2D eigenvalue weighted by Gasteiger charge is -2.24. The fourth-order valence-corrected chi connectivity index (χ4v) is 3.23. The predicted molar refractivity (Wildman–Crippen MR) is 59.0 cm³/mol. The first kappa shape index (κ1) is 9.62. The lowest BCUT2D eigenvalue weighted by Crippen LogP contribution is -2.25. The van der Waals surface area contributed by atoms with Crippen molar-refractivity contribution in [3.8, 4) is 0 Å². The van der Waals surface area contributed by atoms with Crippen molar-refractivity contribution in [3.63, 3.8) is 0 Å². The van der Waals surface area contributed by atoms with Crippen LogP contribution in [0.1, 0.15) is 36.6 Å². The SMILES string of the molecule is N[C@H]1CC[C@H](c2ncc(Br)s2)CC1. The van der Waals surface area contributed by atoms with Crippen molar-refractivity contribution in [1.82, 2.24) is 4.98 Å². The van der Waals surface area contributed by atoms with Gasteiger partial charge in [0, 0.05) is 12.0 Å². The van der Waals surface area contributed by atoms with Gasteiger partial charge in [0.2, 0.25) is 0 Å². The molecule has 1 aliphatic rings. The van der Waals surface area contributed by atoms with Crippen LogP contribution in [0, 0.1) is 0 Å². The van der Waals surface area contributed by atoms with Gasteiger partial charge in [0.25, 0.3) is 0 Å². The van der Waals surface area contributed by atoms with E-state index in [9.17, 15) is 0 Å². The maximum Gasteiger partial charge on any atom is 0.0967 e. The molecule has 1 aromatic heterocycles. The quantitative estimate of drug-likeness (QED) is 0.844. The van der Waals surface area contributed by atoms with Crippen LogP contribution in [0.5, 0.6) is 0 Å². The van der Waals surface area contributed by atoms with E-state index in [0.29, 0.717) is 12.0 Å². The molecule has 1 aliphatic carbocycles. The minimum Gasteiger partial charge on any atom is -0.328 e. The van der Waals surface area contributed by atoms with Crippen molar-refractivity contribution in [1.29, 1.82) is 0 Å². The third-order valence-electron chi connectivity index (χ3n) is 2.62. The molecule has 0 radical (unpaired) electrons. The molecule has 2 rings (SSSR count). The van der Waals surface area contributed by atoms with E-state index in [1.165, 1.54) is 17.8 Å². The minimum absolute atomic E-state index is 0.430. The predicted octanol–water partition coefficient (Wildman–Crippen LogP) is 2.89. The molecule has 0 amide bonds. The number of thiazole rings is 1. The molecule has 0 unspecified atom stereocenters. The second-order valence-electron chi connectivity index (χ2n) is 3.61. The molecule has 1 aromatic rings. The molecule has 2 N–H and O–H groups in total. The van der Waals surface area contributed by atoms with E-state index in [1.807, 2.05) is 6.20 Å². The Morgan fingerprint density at radius 1 is 1.38 bits per heavy atom. The summed E-state index contributed by atoms with van der Waals surface area (Å²) in [6.07, 6.45) is 6.63. The fraction of sp³-hybridized carbons (Fsp3) is 0.667. The summed E-state index contributed by atoms with van der Waals surface area (Å²) in [5, 5.41) is 1.28. The van der Waals surface area contributed by atoms with E-state index in [0.717, 1.165) is 16.6 Å². The largest absolute Gasteiger partial charge is 0.328 e. The van der Waals surface area contributed by atoms with Crippen LogP contribution in [0.25, 0.3) is 0 Å². The molecular weight excluding hydrogens is 248 g/mol. The molecule has 2 nitrogen and oxygen atoms in total. The Kier molecular flexibility index (Phi) is 3.01. The molecule has 0 aliphatic heterocycles. The first-order valence-electron chi connectivity index (χ1n) is 4.62. The highest BCUT2D eigenvalue weighted by molar-refractivity contribution is 9.11. The van der Waals surface area contributed by atoms with Crippen molar-refractivity contribution >= 4 is 27.3 Å². The van der Waals surface area contributed by atoms with Crippen molar-refractivity contribution in [3.05, 3.63) is 15.0 Å². The normalized spacial score (nSPS) is 29.1. The molecule has 0 atom stereocenters. The summed E-state index contributed by atoms with van der Waals surface area (Å²) < 4.78 is 1.14. The van der Waals surface area contributed by atoms with Crippen LogP contribution in [0.15, 0.2) is 9.98 Å². The Morgan fingerprint density at radius 3 is 2.62 bits per heavy atom. The van der Waals surface area contributed by atoms with E-state index in [2.05, 4.69) is 20.9 Å². The maximum absolute atomic E-state index is 5.85. The zero-order valence-electron chi connectivity index (χ0n) is 7.37. The number of nitrogens with two attached hydrogens (primary N) is 1. The molecule has 72 valence electrons. The van der Waals surface area contributed by atoms with Gasteiger partial charge in [-0.2, -0.15) is 0 Å². The standard InChI is InChI=1S/C9H13BrN2S/c10-8-5-12-9(13-8)6-1-3-7(11)4-2-6/h5-7H,1-4,11H2/t6-,7-. The highest BCUT2D eigenvalue weighted by Gasteiger charge is 2.21. The molecule has 0 bridgehead atoms. The summed E-state index contributed by atoms with van der Waals surface area (Å²) in [5.41, 5.74) is 5.85. The van der Waals surface area contributed by atoms with Crippen molar-refractivity contribution < 1.29 is 0 Å². The zero-order chi connectivity index (χ0) is 9.26. The van der Waals surface area contributed by atoms with E-state index in [1.54, 1.807) is 11.3 Å². The van der Waals surface area contributed by atoms with Crippen LogP contribution in [0.2, 0.25) is 0 Å². The summed E-state index contributed by atoms with van der Waals surface area (Å²) in [4.78, 5) is 4.40. The van der Waals surface area contributed by atoms with Crippen LogP contribution in [-0.2, 0) is 0 Å². The minimum atomic E-state index is 0.430. The van der Waals surface area contributed by atoms with Crippen molar-refractivity contribution in [2.75, 3.05) is 0 Å². The lowest BCUT2D eigenvalue weighted by molar-refractivity contribution is 0.395. The van der Waals surface area contributed by atoms with Gasteiger partial charge in [-0.05, 0) is 41.6 Å². The van der Waals surface area contributed by atoms with Crippen LogP contribution in [-0.4, -0.2) is 11.0 Å². The Balaban J connectivity index is 2.02. The second kappa shape index (κ2) is 4.07. The molecule has 13 heavy (non-hydrogen) atoms. The highest BCUT2D eigenvalue weighted by atomic mass is 79.9. The number of aromatic nitrogens is 1. The van der Waals surface area contributed by atoms with Gasteiger partial charge in [-0.1, -0.05) is 0 Å². The van der Waals surface area contributed by atoms with Gasteiger partial charge in [0.1, 0.15) is 0 Å². The van der Waals surface area contributed by atoms with E-state index in [4.69, 9.17) is 5.73 Å². The Hall–Kier alpha value is 0.0700. The van der Waals surface area contributed by atoms with Gasteiger partial charge < -0.3 is 5.73 Å². The van der Waals surface area contributed by atoms with E-state index < -0.39 is 0 Å². The fourth-order valence-electron chi connectivity index (χ4n) is 1.82. The first-order valence-corrected chi connectivity index (χ1v) is 6.23. The summed E-state index contributed by atoms with van der Waals surface area (Å²) in [5.74, 6) is 0.663. The van der Waals surface area contributed by atoms with Gasteiger partial charge in [0.05, 0.1) is 15.0 Å². The smallest absolute Gasteiger partial charge is 0.0967 e. The zero-order valence-corrected chi connectivity index (χ0v) is 9.77. The first-order chi connectivity index (χ1) is 6.25. The summed E-state index contributed by atoms with van der Waals surface area (Å²) in [6, 6.07) is 0.430. The number of hydrogen-bond donors (Lipinski definition) is 1. The molecule has 1 saturated carbocycles. The Morgan fingerprint density at radius 2 is 2.08 bits per heavy atom. The molecule has 4 heteroatoms. The topological polar surface area (TPSA) is 38.9 Å². The maximum atomic E-state index is 5.85. The third kappa shape index (κ3) is 2.30. The number of rotatable bonds is 1. The van der Waals surface area contributed by atoms with Gasteiger partial charge in [0.15, 0.2) is 0 Å². The van der Waals surface area contributed by atoms with Crippen LogP contribution in [0.4, 0.5) is 0 Å². The summed E-state index contributed by atoms with van der Waals surface area (Å²) in [7, 11) is 0. The van der Waals surface area contributed by atoms with Crippen molar-refractivity contribution in [2.45, 2.75) is 37.6 Å². The number of nitrogens with zero attached hydrogens (tertiary/aromatic N) is 1. The second-order valence-corrected chi connectivity index (χ2v) is 6.06. The van der Waals surface area contributed by atoms with Crippen LogP contribution in [0.3, 0.4) is 0 Å². The average molecular weight is 261 g/mol. The van der Waals surface area contributed by atoms with Gasteiger partial charge in [-0.15, -0.1) is 11.3 Å². The Bertz CT molecular complexity index is 279. The van der Waals surface area contributed by atoms with Crippen LogP contribution < -0.4 is 5.73 Å². The van der Waals surface area contributed by atoms with Gasteiger partial charge in [-0.25, -0.2) is 4.98 Å². The number of halogens is 1. The van der Waals surface area contributed by atoms with Crippen molar-refractivity contribution in [2.24, 2.45) is 5.73 Å². The monoisotopic (exact) mass is 260 g/mol. The Labute approximate surface area is 90.7 Å². The van der Waals surface area contributed by atoms with E-state index in [-0.39, 0.29) is 0 Å². The highest BCUT2D eigenvalue weighted by Crippen LogP contribution is 2.35. The number of hydrogen-bond acceptors (Lipinski definition) is 3. The van der Waals surface area contributed by atoms with Crippen LogP contribution >= 0.6 is 27.3 Å². The van der Waals surface area contributed by atoms with Gasteiger partial charge >= 0.3 is 0 Å². The molecule has 0 aromatic carbocycles. The van der Waals surface area contributed by atoms with E-state index >= 15 is 0 Å². The van der Waals surface area contributed by atoms with Gasteiger partial charge in [-0.3, -0.25) is 0 Å². The molecule has 1 fully saturated rings. The summed E-state index contributed by atoms with van der Waals surface area (Å²) in [6.45, 7) is 0. The third-order valence-corrected chi connectivity index (χ3v) is 4.26. The molecule has 0 spiro atoms. The molecule has 1 heterocycles. The molecule has 0 saturated heterocycles. The molecular formula is C9H13BrN2S. The summed E-state index contributed by atoms with van der Waals surface area (Å²) >= 11 is 5.20. The average Bonchev–Trinajstić information content (AvgIpc) is 2.53.